The first-order valence-corrected chi connectivity index (χ1v) is 13.6. The SMILES string of the molecule is COc1ccc(S(=O)(=O)N2CCC3(CC2)NC(=O)C(Cc2ccccc2)(Cc2ccccc2)N3)cc1. The number of carbonyl (C=O) groups is 1. The van der Waals surface area contributed by atoms with Gasteiger partial charge in [0.15, 0.2) is 0 Å². The molecule has 188 valence electrons. The highest BCUT2D eigenvalue weighted by Crippen LogP contribution is 2.34. The van der Waals surface area contributed by atoms with Crippen LogP contribution in [0.25, 0.3) is 0 Å². The van der Waals surface area contributed by atoms with Gasteiger partial charge in [0.2, 0.25) is 15.9 Å². The van der Waals surface area contributed by atoms with Crippen LogP contribution in [0.4, 0.5) is 0 Å². The van der Waals surface area contributed by atoms with Crippen molar-refractivity contribution in [1.82, 2.24) is 14.9 Å². The molecule has 5 rings (SSSR count). The Morgan fingerprint density at radius 1 is 0.833 bits per heavy atom. The minimum atomic E-state index is -3.64. The Hall–Kier alpha value is -3.20. The number of rotatable bonds is 7. The van der Waals surface area contributed by atoms with Gasteiger partial charge >= 0.3 is 0 Å². The van der Waals surface area contributed by atoms with E-state index < -0.39 is 21.2 Å². The van der Waals surface area contributed by atoms with Crippen LogP contribution in [0, 0.1) is 0 Å². The number of carbonyl (C=O) groups excluding carboxylic acids is 1. The second-order valence-corrected chi connectivity index (χ2v) is 11.6. The Balaban J connectivity index is 1.36. The molecule has 0 unspecified atom stereocenters. The average molecular weight is 506 g/mol. The first-order valence-electron chi connectivity index (χ1n) is 12.2. The van der Waals surface area contributed by atoms with Gasteiger partial charge in [0.05, 0.1) is 17.7 Å². The van der Waals surface area contributed by atoms with E-state index in [0.717, 1.165) is 11.1 Å². The highest BCUT2D eigenvalue weighted by atomic mass is 32.2. The molecule has 0 radical (unpaired) electrons. The molecule has 2 aliphatic heterocycles. The largest absolute Gasteiger partial charge is 0.497 e. The van der Waals surface area contributed by atoms with E-state index in [0.29, 0.717) is 44.5 Å². The highest BCUT2D eigenvalue weighted by Gasteiger charge is 2.54. The number of ether oxygens (including phenoxy) is 1. The summed E-state index contributed by atoms with van der Waals surface area (Å²) in [5.41, 5.74) is 0.687. The Kier molecular flexibility index (Phi) is 6.59. The van der Waals surface area contributed by atoms with Crippen molar-refractivity contribution in [2.75, 3.05) is 20.2 Å². The average Bonchev–Trinajstić information content (AvgIpc) is 3.15. The fourth-order valence-corrected chi connectivity index (χ4v) is 6.78. The van der Waals surface area contributed by atoms with Crippen molar-refractivity contribution in [1.29, 1.82) is 0 Å². The van der Waals surface area contributed by atoms with Crippen molar-refractivity contribution >= 4 is 15.9 Å². The van der Waals surface area contributed by atoms with Crippen molar-refractivity contribution in [3.63, 3.8) is 0 Å². The molecule has 0 atom stereocenters. The highest BCUT2D eigenvalue weighted by molar-refractivity contribution is 7.89. The third kappa shape index (κ3) is 4.76. The van der Waals surface area contributed by atoms with Crippen LogP contribution in [0.1, 0.15) is 24.0 Å². The monoisotopic (exact) mass is 505 g/mol. The molecular weight excluding hydrogens is 474 g/mol. The van der Waals surface area contributed by atoms with E-state index in [2.05, 4.69) is 10.6 Å². The third-order valence-corrected chi connectivity index (χ3v) is 9.15. The molecule has 8 heteroatoms. The number of sulfonamides is 1. The van der Waals surface area contributed by atoms with Gasteiger partial charge < -0.3 is 10.1 Å². The minimum Gasteiger partial charge on any atom is -0.497 e. The van der Waals surface area contributed by atoms with Gasteiger partial charge in [-0.25, -0.2) is 8.42 Å². The van der Waals surface area contributed by atoms with Gasteiger partial charge in [0.1, 0.15) is 11.3 Å². The van der Waals surface area contributed by atoms with Crippen LogP contribution in [-0.2, 0) is 27.7 Å². The summed E-state index contributed by atoms with van der Waals surface area (Å²) in [5, 5.41) is 6.93. The number of benzene rings is 3. The van der Waals surface area contributed by atoms with Crippen LogP contribution in [-0.4, -0.2) is 50.0 Å². The van der Waals surface area contributed by atoms with Crippen molar-refractivity contribution in [2.45, 2.75) is 41.8 Å². The van der Waals surface area contributed by atoms with E-state index >= 15 is 0 Å². The van der Waals surface area contributed by atoms with E-state index in [4.69, 9.17) is 4.74 Å². The molecule has 2 N–H and O–H groups in total. The molecule has 36 heavy (non-hydrogen) atoms. The minimum absolute atomic E-state index is 0.0401. The summed E-state index contributed by atoms with van der Waals surface area (Å²) in [6, 6.07) is 26.5. The molecule has 3 aromatic carbocycles. The molecule has 0 saturated carbocycles. The smallest absolute Gasteiger partial charge is 0.243 e. The molecule has 2 aliphatic rings. The van der Waals surface area contributed by atoms with Gasteiger partial charge in [-0.3, -0.25) is 10.1 Å². The first-order chi connectivity index (χ1) is 17.3. The number of hydrogen-bond acceptors (Lipinski definition) is 5. The van der Waals surface area contributed by atoms with E-state index in [1.807, 2.05) is 60.7 Å². The fraction of sp³-hybridized carbons (Fsp3) is 0.321. The van der Waals surface area contributed by atoms with E-state index in [1.54, 1.807) is 31.4 Å². The van der Waals surface area contributed by atoms with Gasteiger partial charge in [-0.1, -0.05) is 60.7 Å². The Bertz CT molecular complexity index is 1260. The normalized spacial score (nSPS) is 19.2. The fourth-order valence-electron chi connectivity index (χ4n) is 5.34. The second-order valence-electron chi connectivity index (χ2n) is 9.65. The maximum Gasteiger partial charge on any atom is 0.243 e. The molecule has 3 aromatic rings. The lowest BCUT2D eigenvalue weighted by Crippen LogP contribution is -2.60. The lowest BCUT2D eigenvalue weighted by molar-refractivity contribution is -0.124. The summed E-state index contributed by atoms with van der Waals surface area (Å²) in [4.78, 5) is 13.9. The van der Waals surface area contributed by atoms with Crippen molar-refractivity contribution in [2.24, 2.45) is 0 Å². The van der Waals surface area contributed by atoms with E-state index in [1.165, 1.54) is 4.31 Å². The summed E-state index contributed by atoms with van der Waals surface area (Å²) in [6.45, 7) is 0.628. The zero-order chi connectivity index (χ0) is 25.2. The number of methoxy groups -OCH3 is 1. The van der Waals surface area contributed by atoms with Crippen LogP contribution in [0.2, 0.25) is 0 Å². The molecule has 1 amide bonds. The van der Waals surface area contributed by atoms with Gasteiger partial charge in [0.25, 0.3) is 0 Å². The summed E-state index contributed by atoms with van der Waals surface area (Å²) >= 11 is 0. The van der Waals surface area contributed by atoms with Gasteiger partial charge in [-0.2, -0.15) is 4.31 Å². The van der Waals surface area contributed by atoms with Crippen LogP contribution in [0.15, 0.2) is 89.8 Å². The second kappa shape index (κ2) is 9.69. The number of hydrogen-bond donors (Lipinski definition) is 2. The molecule has 2 fully saturated rings. The van der Waals surface area contributed by atoms with Crippen LogP contribution < -0.4 is 15.4 Å². The molecule has 0 bridgehead atoms. The number of nitrogens with zero attached hydrogens (tertiary/aromatic N) is 1. The Morgan fingerprint density at radius 2 is 1.36 bits per heavy atom. The van der Waals surface area contributed by atoms with Gasteiger partial charge in [0, 0.05) is 13.1 Å². The van der Waals surface area contributed by atoms with Gasteiger partial charge in [-0.05, 0) is 61.1 Å². The lowest BCUT2D eigenvalue weighted by atomic mass is 9.84. The molecule has 7 nitrogen and oxygen atoms in total. The predicted molar refractivity (Wildman–Crippen MR) is 138 cm³/mol. The molecular formula is C28H31N3O4S. The van der Waals surface area contributed by atoms with Crippen molar-refractivity contribution in [3.05, 3.63) is 96.1 Å². The number of nitrogens with one attached hydrogen (secondary N) is 2. The van der Waals surface area contributed by atoms with Crippen LogP contribution >= 0.6 is 0 Å². The first kappa shape index (κ1) is 24.5. The topological polar surface area (TPSA) is 87.7 Å². The summed E-state index contributed by atoms with van der Waals surface area (Å²) < 4.78 is 33.1. The number of piperidine rings is 1. The Labute approximate surface area is 212 Å². The maximum absolute atomic E-state index is 13.6. The Morgan fingerprint density at radius 3 is 1.86 bits per heavy atom. The molecule has 2 heterocycles. The van der Waals surface area contributed by atoms with Crippen molar-refractivity contribution in [3.8, 4) is 5.75 Å². The summed E-state index contributed by atoms with van der Waals surface area (Å²) in [5.74, 6) is 0.569. The molecule has 1 spiro atoms. The molecule has 0 aromatic heterocycles. The lowest BCUT2D eigenvalue weighted by Gasteiger charge is -2.40. The van der Waals surface area contributed by atoms with Crippen LogP contribution in [0.5, 0.6) is 5.75 Å². The zero-order valence-electron chi connectivity index (χ0n) is 20.3. The van der Waals surface area contributed by atoms with Gasteiger partial charge in [-0.15, -0.1) is 0 Å². The van der Waals surface area contributed by atoms with E-state index in [9.17, 15) is 13.2 Å². The molecule has 0 aliphatic carbocycles. The predicted octanol–water partition coefficient (Wildman–Crippen LogP) is 3.12. The standard InChI is InChI=1S/C28H31N3O4S/c1-35-24-12-14-25(15-13-24)36(33,34)31-18-16-28(17-19-31)29-26(32)27(30-28,20-22-8-4-2-5-9-22)21-23-10-6-3-7-11-23/h2-15,30H,16-21H2,1H3,(H,29,32). The van der Waals surface area contributed by atoms with Crippen LogP contribution in [0.3, 0.4) is 0 Å². The zero-order valence-corrected chi connectivity index (χ0v) is 21.1. The quantitative estimate of drug-likeness (QED) is 0.515. The van der Waals surface area contributed by atoms with Crippen molar-refractivity contribution < 1.29 is 17.9 Å². The third-order valence-electron chi connectivity index (χ3n) is 7.24. The summed E-state index contributed by atoms with van der Waals surface area (Å²) in [6.07, 6.45) is 2.06. The summed E-state index contributed by atoms with van der Waals surface area (Å²) in [7, 11) is -2.09. The molecule has 2 saturated heterocycles. The number of amides is 1. The maximum atomic E-state index is 13.6. The van der Waals surface area contributed by atoms with E-state index in [-0.39, 0.29) is 10.8 Å².